The topological polar surface area (TPSA) is 12.0 Å². The van der Waals surface area contributed by atoms with Crippen LogP contribution in [0.3, 0.4) is 0 Å². The zero-order valence-corrected chi connectivity index (χ0v) is 8.67. The van der Waals surface area contributed by atoms with Gasteiger partial charge in [-0.3, -0.25) is 0 Å². The molecule has 0 aromatic heterocycles. The second-order valence-corrected chi connectivity index (χ2v) is 3.77. The van der Waals surface area contributed by atoms with E-state index in [-0.39, 0.29) is 5.82 Å². The van der Waals surface area contributed by atoms with E-state index in [1.54, 1.807) is 12.1 Å². The molecule has 0 bridgehead atoms. The first-order valence-electron chi connectivity index (χ1n) is 3.90. The van der Waals surface area contributed by atoms with Gasteiger partial charge < -0.3 is 5.32 Å². The summed E-state index contributed by atoms with van der Waals surface area (Å²) in [5.74, 6) is -0.207. The van der Waals surface area contributed by atoms with Crippen LogP contribution < -0.4 is 5.32 Å². The van der Waals surface area contributed by atoms with Crippen molar-refractivity contribution in [2.75, 3.05) is 6.54 Å². The lowest BCUT2D eigenvalue weighted by molar-refractivity contribution is 0.627. The van der Waals surface area contributed by atoms with Gasteiger partial charge in [-0.05, 0) is 24.1 Å². The molecule has 4 heteroatoms. The van der Waals surface area contributed by atoms with Gasteiger partial charge in [0, 0.05) is 6.54 Å². The van der Waals surface area contributed by atoms with Crippen LogP contribution in [0.2, 0.25) is 0 Å². The maximum Gasteiger partial charge on any atom is 0.130 e. The number of thiol groups is 1. The summed E-state index contributed by atoms with van der Waals surface area (Å²) in [7, 11) is 0. The zero-order chi connectivity index (χ0) is 9.68. The summed E-state index contributed by atoms with van der Waals surface area (Å²) >= 11 is 8.65. The first-order valence-corrected chi connectivity index (χ1v) is 4.75. The number of hydrogen-bond donors (Lipinski definition) is 2. The highest BCUT2D eigenvalue weighted by molar-refractivity contribution is 8.11. The fourth-order valence-corrected chi connectivity index (χ4v) is 1.18. The molecule has 70 valence electrons. The third kappa shape index (κ3) is 4.24. The Labute approximate surface area is 87.8 Å². The number of halogens is 1. The Morgan fingerprint density at radius 1 is 1.38 bits per heavy atom. The van der Waals surface area contributed by atoms with Crippen LogP contribution in [0.15, 0.2) is 24.3 Å². The Morgan fingerprint density at radius 2 is 2.00 bits per heavy atom. The van der Waals surface area contributed by atoms with E-state index in [4.69, 9.17) is 12.2 Å². The van der Waals surface area contributed by atoms with Gasteiger partial charge >= 0.3 is 0 Å². The van der Waals surface area contributed by atoms with Crippen molar-refractivity contribution in [1.82, 2.24) is 5.32 Å². The third-order valence-corrected chi connectivity index (χ3v) is 1.91. The molecule has 1 N–H and O–H groups in total. The Morgan fingerprint density at radius 3 is 2.54 bits per heavy atom. The first-order chi connectivity index (χ1) is 6.18. The van der Waals surface area contributed by atoms with Gasteiger partial charge in [-0.1, -0.05) is 24.4 Å². The van der Waals surface area contributed by atoms with Crippen molar-refractivity contribution in [3.8, 4) is 0 Å². The highest BCUT2D eigenvalue weighted by Crippen LogP contribution is 2.02. The molecule has 0 unspecified atom stereocenters. The summed E-state index contributed by atoms with van der Waals surface area (Å²) < 4.78 is 13.0. The van der Waals surface area contributed by atoms with Crippen LogP contribution in [0.25, 0.3) is 0 Å². The molecule has 0 spiro atoms. The predicted molar refractivity (Wildman–Crippen MR) is 59.7 cm³/mol. The van der Waals surface area contributed by atoms with Crippen molar-refractivity contribution in [2.45, 2.75) is 6.42 Å². The molecule has 0 saturated heterocycles. The van der Waals surface area contributed by atoms with Crippen molar-refractivity contribution >= 4 is 29.2 Å². The average molecular weight is 215 g/mol. The molecule has 0 atom stereocenters. The molecule has 0 heterocycles. The van der Waals surface area contributed by atoms with Crippen molar-refractivity contribution < 1.29 is 4.39 Å². The molecule has 0 fully saturated rings. The molecular weight excluding hydrogens is 205 g/mol. The number of nitrogens with one attached hydrogen (secondary N) is 1. The summed E-state index contributed by atoms with van der Waals surface area (Å²) in [6, 6.07) is 6.43. The van der Waals surface area contributed by atoms with E-state index in [1.807, 2.05) is 0 Å². The van der Waals surface area contributed by atoms with Crippen LogP contribution >= 0.6 is 24.8 Å². The van der Waals surface area contributed by atoms with Crippen molar-refractivity contribution in [2.24, 2.45) is 0 Å². The summed E-state index contributed by atoms with van der Waals surface area (Å²) in [4.78, 5) is 0. The van der Waals surface area contributed by atoms with Gasteiger partial charge in [0.2, 0.25) is 0 Å². The molecule has 1 rings (SSSR count). The van der Waals surface area contributed by atoms with Crippen LogP contribution in [0.1, 0.15) is 5.56 Å². The van der Waals surface area contributed by atoms with Gasteiger partial charge in [0.15, 0.2) is 0 Å². The Hall–Kier alpha value is -0.610. The molecule has 1 aromatic rings. The van der Waals surface area contributed by atoms with E-state index < -0.39 is 0 Å². The maximum atomic E-state index is 12.5. The quantitative estimate of drug-likeness (QED) is 0.592. The molecule has 1 nitrogen and oxygen atoms in total. The lowest BCUT2D eigenvalue weighted by atomic mass is 10.1. The summed E-state index contributed by atoms with van der Waals surface area (Å²) in [5, 5.41) is 2.91. The molecule has 0 aliphatic rings. The van der Waals surface area contributed by atoms with Crippen molar-refractivity contribution in [3.05, 3.63) is 35.6 Å². The molecule has 13 heavy (non-hydrogen) atoms. The summed E-state index contributed by atoms with van der Waals surface area (Å²) in [6.07, 6.45) is 0.820. The van der Waals surface area contributed by atoms with Crippen molar-refractivity contribution in [3.63, 3.8) is 0 Å². The number of benzene rings is 1. The van der Waals surface area contributed by atoms with E-state index >= 15 is 0 Å². The van der Waals surface area contributed by atoms with E-state index in [1.165, 1.54) is 12.1 Å². The molecule has 0 radical (unpaired) electrons. The smallest absolute Gasteiger partial charge is 0.130 e. The van der Waals surface area contributed by atoms with Gasteiger partial charge in [-0.25, -0.2) is 4.39 Å². The molecule has 0 aliphatic heterocycles. The number of thiocarbonyl (C=S) groups is 1. The second-order valence-electron chi connectivity index (χ2n) is 2.61. The van der Waals surface area contributed by atoms with Crippen molar-refractivity contribution in [1.29, 1.82) is 0 Å². The van der Waals surface area contributed by atoms with E-state index in [2.05, 4.69) is 17.9 Å². The minimum absolute atomic E-state index is 0.207. The predicted octanol–water partition coefficient (Wildman–Crippen LogP) is 2.17. The van der Waals surface area contributed by atoms with Gasteiger partial charge in [-0.2, -0.15) is 0 Å². The van der Waals surface area contributed by atoms with Gasteiger partial charge in [0.25, 0.3) is 0 Å². The normalized spacial score (nSPS) is 9.69. The van der Waals surface area contributed by atoms with Gasteiger partial charge in [-0.15, -0.1) is 12.6 Å². The SMILES string of the molecule is Fc1ccc(CCNC(=S)S)cc1. The first kappa shape index (κ1) is 10.5. The van der Waals surface area contributed by atoms with Crippen LogP contribution in [0.5, 0.6) is 0 Å². The van der Waals surface area contributed by atoms with Gasteiger partial charge in [0.05, 0.1) is 0 Å². The molecule has 0 aliphatic carbocycles. The van der Waals surface area contributed by atoms with E-state index in [0.29, 0.717) is 4.32 Å². The lowest BCUT2D eigenvalue weighted by Gasteiger charge is -2.02. The largest absolute Gasteiger partial charge is 0.371 e. The lowest BCUT2D eigenvalue weighted by Crippen LogP contribution is -2.19. The Bertz CT molecular complexity index is 284. The zero-order valence-electron chi connectivity index (χ0n) is 6.96. The number of rotatable bonds is 3. The van der Waals surface area contributed by atoms with Gasteiger partial charge in [0.1, 0.15) is 10.1 Å². The fraction of sp³-hybridized carbons (Fsp3) is 0.222. The van der Waals surface area contributed by atoms with E-state index in [9.17, 15) is 4.39 Å². The summed E-state index contributed by atoms with van der Waals surface area (Å²) in [6.45, 7) is 0.730. The molecule has 0 saturated carbocycles. The third-order valence-electron chi connectivity index (χ3n) is 1.60. The minimum atomic E-state index is -0.207. The minimum Gasteiger partial charge on any atom is -0.371 e. The Kier molecular flexibility index (Phi) is 4.18. The fourth-order valence-electron chi connectivity index (χ4n) is 0.965. The van der Waals surface area contributed by atoms with E-state index in [0.717, 1.165) is 18.5 Å². The van der Waals surface area contributed by atoms with Crippen LogP contribution in [0.4, 0.5) is 4.39 Å². The summed E-state index contributed by atoms with van der Waals surface area (Å²) in [5.41, 5.74) is 1.08. The van der Waals surface area contributed by atoms with Crippen LogP contribution in [0, 0.1) is 5.82 Å². The maximum absolute atomic E-state index is 12.5. The van der Waals surface area contributed by atoms with Crippen LogP contribution in [-0.2, 0) is 6.42 Å². The highest BCUT2D eigenvalue weighted by atomic mass is 32.1. The van der Waals surface area contributed by atoms with Crippen LogP contribution in [-0.4, -0.2) is 10.9 Å². The average Bonchev–Trinajstić information content (AvgIpc) is 2.08. The highest BCUT2D eigenvalue weighted by Gasteiger charge is 1.93. The molecule has 1 aromatic carbocycles. The number of hydrogen-bond acceptors (Lipinski definition) is 1. The standard InChI is InChI=1S/C9H10FNS2/c10-8-3-1-7(2-4-8)5-6-11-9(12)13/h1-4H,5-6H2,(H2,11,12,13). The monoisotopic (exact) mass is 215 g/mol. The Balaban J connectivity index is 2.37. The second kappa shape index (κ2) is 5.19. The molecular formula is C9H10FNS2. The molecule has 0 amide bonds.